The van der Waals surface area contributed by atoms with E-state index in [1.165, 1.54) is 22.3 Å². The summed E-state index contributed by atoms with van der Waals surface area (Å²) in [5, 5.41) is 2.25. The summed E-state index contributed by atoms with van der Waals surface area (Å²) < 4.78 is 33.6. The lowest BCUT2D eigenvalue weighted by molar-refractivity contribution is -0.146. The van der Waals surface area contributed by atoms with Gasteiger partial charge in [-0.1, -0.05) is 17.7 Å². The summed E-state index contributed by atoms with van der Waals surface area (Å²) in [5.41, 5.74) is 0. The maximum absolute atomic E-state index is 12.9. The number of nitrogens with zero attached hydrogens (tertiary/aromatic N) is 2. The van der Waals surface area contributed by atoms with Crippen molar-refractivity contribution in [3.8, 4) is 9.75 Å². The largest absolute Gasteiger partial charge is 0.378 e. The molecule has 2 aromatic rings. The molecule has 0 bridgehead atoms. The van der Waals surface area contributed by atoms with Gasteiger partial charge >= 0.3 is 0 Å². The van der Waals surface area contributed by atoms with Gasteiger partial charge in [-0.15, -0.1) is 22.7 Å². The summed E-state index contributed by atoms with van der Waals surface area (Å²) in [6, 6.07) is 3.59. The van der Waals surface area contributed by atoms with Crippen molar-refractivity contribution in [1.29, 1.82) is 0 Å². The third kappa shape index (κ3) is 4.67. The Kier molecular flexibility index (Phi) is 6.71. The van der Waals surface area contributed by atoms with Crippen molar-refractivity contribution in [1.82, 2.24) is 14.5 Å². The molecule has 0 spiro atoms. The topological polar surface area (TPSA) is 96.0 Å². The highest BCUT2D eigenvalue weighted by atomic mass is 35.5. The van der Waals surface area contributed by atoms with Gasteiger partial charge in [-0.3, -0.25) is 9.59 Å². The molecule has 0 unspecified atom stereocenters. The molecule has 8 nitrogen and oxygen atoms in total. The normalized spacial score (nSPS) is 21.0. The number of thiophene rings is 2. The predicted molar refractivity (Wildman–Crippen MR) is 120 cm³/mol. The number of morpholine rings is 1. The highest BCUT2D eigenvalue weighted by molar-refractivity contribution is 7.91. The molecule has 2 aliphatic heterocycles. The van der Waals surface area contributed by atoms with Crippen LogP contribution in [0.25, 0.3) is 9.75 Å². The van der Waals surface area contributed by atoms with Crippen molar-refractivity contribution in [3.05, 3.63) is 28.6 Å². The number of rotatable bonds is 6. The van der Waals surface area contributed by atoms with Crippen molar-refractivity contribution in [2.75, 3.05) is 32.8 Å². The first-order valence-electron chi connectivity index (χ1n) is 9.80. The zero-order valence-corrected chi connectivity index (χ0v) is 20.0. The standard InChI is InChI=1S/C19H22ClN3O5S3/c1-12(18(24)22-6-8-28-9-7-22)23-5-4-14(19(23)25)21-31(26,27)16-11-13(20)17(30-16)15-3-2-10-29-15/h2-3,10-12,14,21H,4-9H2,1H3/t12-,14-/m0/s1. The average molecular weight is 504 g/mol. The van der Waals surface area contributed by atoms with Gasteiger partial charge in [0.2, 0.25) is 11.8 Å². The van der Waals surface area contributed by atoms with E-state index in [1.807, 2.05) is 17.5 Å². The Balaban J connectivity index is 1.44. The molecule has 12 heteroatoms. The molecule has 168 valence electrons. The summed E-state index contributed by atoms with van der Waals surface area (Å²) in [6.07, 6.45) is 0.301. The highest BCUT2D eigenvalue weighted by Gasteiger charge is 2.40. The number of carbonyl (C=O) groups excluding carboxylic acids is 2. The highest BCUT2D eigenvalue weighted by Crippen LogP contribution is 2.40. The molecule has 4 rings (SSSR count). The first-order chi connectivity index (χ1) is 14.8. The number of carbonyl (C=O) groups is 2. The Hall–Kier alpha value is -1.50. The maximum atomic E-state index is 12.9. The molecule has 2 atom stereocenters. The molecule has 0 aromatic carbocycles. The maximum Gasteiger partial charge on any atom is 0.250 e. The van der Waals surface area contributed by atoms with Crippen molar-refractivity contribution in [3.63, 3.8) is 0 Å². The molecule has 2 fully saturated rings. The monoisotopic (exact) mass is 503 g/mol. The second-order valence-electron chi connectivity index (χ2n) is 7.33. The van der Waals surface area contributed by atoms with Crippen LogP contribution in [0.1, 0.15) is 13.3 Å². The molecule has 0 aliphatic carbocycles. The molecule has 0 radical (unpaired) electrons. The van der Waals surface area contributed by atoms with Gasteiger partial charge in [0, 0.05) is 24.5 Å². The molecule has 31 heavy (non-hydrogen) atoms. The van der Waals surface area contributed by atoms with E-state index in [1.54, 1.807) is 11.8 Å². The molecule has 2 amide bonds. The fourth-order valence-electron chi connectivity index (χ4n) is 3.68. The lowest BCUT2D eigenvalue weighted by atomic mass is 10.2. The van der Waals surface area contributed by atoms with Crippen LogP contribution < -0.4 is 4.72 Å². The molecular weight excluding hydrogens is 482 g/mol. The first kappa shape index (κ1) is 22.7. The number of hydrogen-bond acceptors (Lipinski definition) is 7. The van der Waals surface area contributed by atoms with Gasteiger partial charge in [0.05, 0.1) is 23.1 Å². The first-order valence-corrected chi connectivity index (χ1v) is 13.4. The van der Waals surface area contributed by atoms with Gasteiger partial charge in [-0.05, 0) is 30.9 Å². The minimum Gasteiger partial charge on any atom is -0.378 e. The molecular formula is C19H22ClN3O5S3. The second-order valence-corrected chi connectivity index (χ2v) is 11.7. The van der Waals surface area contributed by atoms with Crippen LogP contribution in [0.5, 0.6) is 0 Å². The third-order valence-electron chi connectivity index (χ3n) is 5.36. The predicted octanol–water partition coefficient (Wildman–Crippen LogP) is 2.26. The summed E-state index contributed by atoms with van der Waals surface area (Å²) in [5.74, 6) is -0.537. The van der Waals surface area contributed by atoms with Gasteiger partial charge in [-0.25, -0.2) is 8.42 Å². The quantitative estimate of drug-likeness (QED) is 0.652. The summed E-state index contributed by atoms with van der Waals surface area (Å²) in [6.45, 7) is 3.94. The van der Waals surface area contributed by atoms with E-state index in [0.29, 0.717) is 49.2 Å². The lowest BCUT2D eigenvalue weighted by Gasteiger charge is -2.32. The Morgan fingerprint density at radius 1 is 1.32 bits per heavy atom. The van der Waals surface area contributed by atoms with Gasteiger partial charge in [-0.2, -0.15) is 4.72 Å². The molecule has 4 heterocycles. The Morgan fingerprint density at radius 2 is 2.06 bits per heavy atom. The second kappa shape index (κ2) is 9.16. The molecule has 0 saturated carbocycles. The van der Waals surface area contributed by atoms with Gasteiger partial charge in [0.25, 0.3) is 10.0 Å². The summed E-state index contributed by atoms with van der Waals surface area (Å²) in [7, 11) is -3.93. The molecule has 2 saturated heterocycles. The molecule has 1 N–H and O–H groups in total. The number of amides is 2. The van der Waals surface area contributed by atoms with Crippen molar-refractivity contribution < 1.29 is 22.7 Å². The fourth-order valence-corrected chi connectivity index (χ4v) is 7.66. The van der Waals surface area contributed by atoms with E-state index >= 15 is 0 Å². The Labute approximate surface area is 193 Å². The van der Waals surface area contributed by atoms with Crippen LogP contribution in [0, 0.1) is 0 Å². The van der Waals surface area contributed by atoms with Gasteiger partial charge in [0.1, 0.15) is 16.3 Å². The van der Waals surface area contributed by atoms with Crippen LogP contribution in [0.3, 0.4) is 0 Å². The SMILES string of the molecule is C[C@@H](C(=O)N1CCOCC1)N1CC[C@H](NS(=O)(=O)c2cc(Cl)c(-c3cccs3)s2)C1=O. The Bertz CT molecular complexity index is 1060. The molecule has 2 aromatic heterocycles. The zero-order chi connectivity index (χ0) is 22.2. The zero-order valence-electron chi connectivity index (χ0n) is 16.7. The van der Waals surface area contributed by atoms with Crippen molar-refractivity contribution >= 4 is 56.1 Å². The van der Waals surface area contributed by atoms with Gasteiger partial charge in [0.15, 0.2) is 0 Å². The van der Waals surface area contributed by atoms with Crippen molar-refractivity contribution in [2.24, 2.45) is 0 Å². The number of halogens is 1. The Morgan fingerprint density at radius 3 is 2.74 bits per heavy atom. The van der Waals surface area contributed by atoms with Crippen LogP contribution in [-0.4, -0.2) is 75.0 Å². The smallest absolute Gasteiger partial charge is 0.250 e. The fraction of sp³-hybridized carbons (Fsp3) is 0.474. The number of ether oxygens (including phenoxy) is 1. The van der Waals surface area contributed by atoms with E-state index in [2.05, 4.69) is 4.72 Å². The van der Waals surface area contributed by atoms with E-state index in [9.17, 15) is 18.0 Å². The number of sulfonamides is 1. The summed E-state index contributed by atoms with van der Waals surface area (Å²) >= 11 is 8.80. The van der Waals surface area contributed by atoms with E-state index in [0.717, 1.165) is 16.2 Å². The van der Waals surface area contributed by atoms with Crippen LogP contribution in [0.4, 0.5) is 0 Å². The third-order valence-corrected chi connectivity index (χ3v) is 9.90. The van der Waals surface area contributed by atoms with Crippen LogP contribution in [0.15, 0.2) is 27.8 Å². The lowest BCUT2D eigenvalue weighted by Crippen LogP contribution is -2.52. The number of nitrogens with one attached hydrogen (secondary N) is 1. The van der Waals surface area contributed by atoms with Crippen LogP contribution >= 0.6 is 34.3 Å². The minimum atomic E-state index is -3.93. The van der Waals surface area contributed by atoms with Crippen molar-refractivity contribution in [2.45, 2.75) is 29.6 Å². The summed E-state index contributed by atoms with van der Waals surface area (Å²) in [4.78, 5) is 30.3. The van der Waals surface area contributed by atoms with Crippen LogP contribution in [0.2, 0.25) is 5.02 Å². The minimum absolute atomic E-state index is 0.0598. The van der Waals surface area contributed by atoms with Crippen LogP contribution in [-0.2, 0) is 24.3 Å². The average Bonchev–Trinajstić information content (AvgIpc) is 3.49. The van der Waals surface area contributed by atoms with E-state index in [4.69, 9.17) is 16.3 Å². The van der Waals surface area contributed by atoms with E-state index in [-0.39, 0.29) is 16.0 Å². The molecule has 2 aliphatic rings. The number of hydrogen-bond donors (Lipinski definition) is 1. The van der Waals surface area contributed by atoms with E-state index < -0.39 is 22.1 Å². The number of likely N-dealkylation sites (tertiary alicyclic amines) is 1. The van der Waals surface area contributed by atoms with Gasteiger partial charge < -0.3 is 14.5 Å².